The van der Waals surface area contributed by atoms with E-state index < -0.39 is 23.3 Å². The fourth-order valence-electron chi connectivity index (χ4n) is 1.89. The minimum Gasteiger partial charge on any atom is -0.438 e. The van der Waals surface area contributed by atoms with Gasteiger partial charge in [-0.2, -0.15) is 0 Å². The molecule has 1 aromatic rings. The van der Waals surface area contributed by atoms with Crippen LogP contribution in [0.15, 0.2) is 18.2 Å². The summed E-state index contributed by atoms with van der Waals surface area (Å²) in [6.45, 7) is 5.65. The van der Waals surface area contributed by atoms with Crippen LogP contribution in [0.4, 0.5) is 13.6 Å². The number of benzene rings is 1. The molecule has 3 nitrogen and oxygen atoms in total. The molecule has 2 rings (SSSR count). The quantitative estimate of drug-likeness (QED) is 0.825. The molecule has 0 atom stereocenters. The normalized spacial score (nSPS) is 16.7. The molecule has 20 heavy (non-hydrogen) atoms. The number of rotatable bonds is 2. The Bertz CT molecular complexity index is 513. The number of amides is 1. The molecule has 0 spiro atoms. The van der Waals surface area contributed by atoms with Crippen LogP contribution in [0.3, 0.4) is 0 Å². The van der Waals surface area contributed by atoms with Crippen molar-refractivity contribution >= 4 is 6.09 Å². The number of carbonyl (C=O) groups excluding carboxylic acids is 1. The third kappa shape index (κ3) is 2.92. The lowest BCUT2D eigenvalue weighted by molar-refractivity contribution is 0.0341. The second-order valence-corrected chi connectivity index (χ2v) is 6.25. The largest absolute Gasteiger partial charge is 0.438 e. The molecule has 1 aromatic carbocycles. The van der Waals surface area contributed by atoms with Crippen molar-refractivity contribution in [3.05, 3.63) is 35.4 Å². The van der Waals surface area contributed by atoms with E-state index in [-0.39, 0.29) is 5.54 Å². The van der Waals surface area contributed by atoms with Gasteiger partial charge in [0.1, 0.15) is 17.2 Å². The van der Waals surface area contributed by atoms with Gasteiger partial charge in [0, 0.05) is 24.2 Å². The van der Waals surface area contributed by atoms with Gasteiger partial charge in [-0.3, -0.25) is 0 Å². The van der Waals surface area contributed by atoms with E-state index in [1.54, 1.807) is 7.05 Å². The van der Waals surface area contributed by atoms with Gasteiger partial charge in [-0.25, -0.2) is 13.6 Å². The van der Waals surface area contributed by atoms with Crippen molar-refractivity contribution in [1.29, 1.82) is 0 Å². The Morgan fingerprint density at radius 2 is 1.70 bits per heavy atom. The van der Waals surface area contributed by atoms with E-state index in [0.29, 0.717) is 18.4 Å². The van der Waals surface area contributed by atoms with E-state index in [1.165, 1.54) is 17.0 Å². The molecule has 110 valence electrons. The van der Waals surface area contributed by atoms with Crippen LogP contribution >= 0.6 is 0 Å². The zero-order valence-corrected chi connectivity index (χ0v) is 12.2. The molecule has 0 aliphatic heterocycles. The minimum absolute atomic E-state index is 0.375. The monoisotopic (exact) mass is 283 g/mol. The lowest BCUT2D eigenvalue weighted by atomic mass is 10.1. The van der Waals surface area contributed by atoms with Crippen LogP contribution in [-0.2, 0) is 10.3 Å². The Labute approximate surface area is 117 Å². The van der Waals surface area contributed by atoms with Gasteiger partial charge in [0.2, 0.25) is 0 Å². The first-order chi connectivity index (χ1) is 9.14. The van der Waals surface area contributed by atoms with Crippen LogP contribution in [0.1, 0.15) is 39.2 Å². The van der Waals surface area contributed by atoms with Gasteiger partial charge in [0.15, 0.2) is 0 Å². The first-order valence-corrected chi connectivity index (χ1v) is 6.57. The highest BCUT2D eigenvalue weighted by molar-refractivity contribution is 5.69. The molecule has 0 radical (unpaired) electrons. The summed E-state index contributed by atoms with van der Waals surface area (Å²) in [7, 11) is 1.64. The molecule has 1 fully saturated rings. The maximum atomic E-state index is 13.3. The average molecular weight is 283 g/mol. The van der Waals surface area contributed by atoms with Crippen molar-refractivity contribution in [3.63, 3.8) is 0 Å². The summed E-state index contributed by atoms with van der Waals surface area (Å²) in [5, 5.41) is 0. The van der Waals surface area contributed by atoms with Crippen LogP contribution in [0, 0.1) is 11.6 Å². The Balaban J connectivity index is 2.18. The number of hydrogen-bond donors (Lipinski definition) is 0. The highest BCUT2D eigenvalue weighted by Gasteiger charge is 2.50. The van der Waals surface area contributed by atoms with Gasteiger partial charge >= 0.3 is 6.09 Å². The zero-order chi connectivity index (χ0) is 15.1. The average Bonchev–Trinajstić information content (AvgIpc) is 3.06. The molecule has 0 heterocycles. The molecular formula is C15H19F2NO2. The number of nitrogens with zero attached hydrogens (tertiary/aromatic N) is 1. The van der Waals surface area contributed by atoms with E-state index >= 15 is 0 Å². The minimum atomic E-state index is -0.875. The van der Waals surface area contributed by atoms with Crippen molar-refractivity contribution in [3.8, 4) is 0 Å². The van der Waals surface area contributed by atoms with E-state index in [1.807, 2.05) is 20.8 Å². The summed E-state index contributed by atoms with van der Waals surface area (Å²) in [5.41, 5.74) is -0.870. The summed E-state index contributed by atoms with van der Waals surface area (Å²) in [6.07, 6.45) is 0.679. The van der Waals surface area contributed by atoms with Crippen LogP contribution < -0.4 is 0 Å². The smallest absolute Gasteiger partial charge is 0.410 e. The first-order valence-electron chi connectivity index (χ1n) is 6.57. The highest BCUT2D eigenvalue weighted by atomic mass is 19.1. The van der Waals surface area contributed by atoms with Gasteiger partial charge in [-0.1, -0.05) is 0 Å². The summed E-state index contributed by atoms with van der Waals surface area (Å²) in [5.74, 6) is -1.32. The molecule has 1 aliphatic rings. The first kappa shape index (κ1) is 14.8. The summed E-state index contributed by atoms with van der Waals surface area (Å²) >= 11 is 0. The van der Waals surface area contributed by atoms with Gasteiger partial charge in [-0.05, 0) is 45.7 Å². The lowest BCUT2D eigenvalue weighted by Gasteiger charge is -2.32. The molecule has 0 bridgehead atoms. The third-order valence-corrected chi connectivity index (χ3v) is 3.66. The SMILES string of the molecule is CN(C(=O)OC1(c2cc(F)cc(F)c2)CC1)C(C)(C)C. The Morgan fingerprint density at radius 1 is 1.20 bits per heavy atom. The van der Waals surface area contributed by atoms with Gasteiger partial charge in [0.25, 0.3) is 0 Å². The second-order valence-electron chi connectivity index (χ2n) is 6.25. The predicted octanol–water partition coefficient (Wildman–Crippen LogP) is 3.82. The molecule has 1 aliphatic carbocycles. The van der Waals surface area contributed by atoms with Crippen molar-refractivity contribution < 1.29 is 18.3 Å². The lowest BCUT2D eigenvalue weighted by Crippen LogP contribution is -2.44. The van der Waals surface area contributed by atoms with E-state index in [9.17, 15) is 13.6 Å². The standard InChI is InChI=1S/C15H19F2NO2/c1-14(2,3)18(4)13(19)20-15(5-6-15)10-7-11(16)9-12(17)8-10/h7-9H,5-6H2,1-4H3. The Morgan fingerprint density at radius 3 is 2.10 bits per heavy atom. The molecule has 0 N–H and O–H groups in total. The maximum absolute atomic E-state index is 13.3. The van der Waals surface area contributed by atoms with Crippen molar-refractivity contribution in [2.24, 2.45) is 0 Å². The van der Waals surface area contributed by atoms with Gasteiger partial charge in [0.05, 0.1) is 0 Å². The molecule has 0 aromatic heterocycles. The van der Waals surface area contributed by atoms with Crippen LogP contribution in [0.5, 0.6) is 0 Å². The summed E-state index contributed by atoms with van der Waals surface area (Å²) < 4.78 is 32.0. The molecule has 1 saturated carbocycles. The predicted molar refractivity (Wildman–Crippen MR) is 71.3 cm³/mol. The highest BCUT2D eigenvalue weighted by Crippen LogP contribution is 2.50. The van der Waals surface area contributed by atoms with Gasteiger partial charge < -0.3 is 9.64 Å². The molecule has 0 unspecified atom stereocenters. The van der Waals surface area contributed by atoms with E-state index in [4.69, 9.17) is 4.74 Å². The Kier molecular flexibility index (Phi) is 3.48. The van der Waals surface area contributed by atoms with E-state index in [0.717, 1.165) is 6.07 Å². The summed E-state index contributed by atoms with van der Waals surface area (Å²) in [4.78, 5) is 13.6. The van der Waals surface area contributed by atoms with Crippen LogP contribution in [0.2, 0.25) is 0 Å². The van der Waals surface area contributed by atoms with Crippen molar-refractivity contribution in [2.45, 2.75) is 44.8 Å². The van der Waals surface area contributed by atoms with E-state index in [2.05, 4.69) is 0 Å². The Hall–Kier alpha value is -1.65. The zero-order valence-electron chi connectivity index (χ0n) is 12.2. The number of ether oxygens (including phenoxy) is 1. The molecule has 5 heteroatoms. The van der Waals surface area contributed by atoms with Crippen molar-refractivity contribution in [2.75, 3.05) is 7.05 Å². The number of carbonyl (C=O) groups is 1. The molecule has 1 amide bonds. The van der Waals surface area contributed by atoms with Crippen molar-refractivity contribution in [1.82, 2.24) is 4.90 Å². The fourth-order valence-corrected chi connectivity index (χ4v) is 1.89. The third-order valence-electron chi connectivity index (χ3n) is 3.66. The van der Waals surface area contributed by atoms with Crippen LogP contribution in [0.25, 0.3) is 0 Å². The topological polar surface area (TPSA) is 29.5 Å². The maximum Gasteiger partial charge on any atom is 0.410 e. The molecular weight excluding hydrogens is 264 g/mol. The fraction of sp³-hybridized carbons (Fsp3) is 0.533. The van der Waals surface area contributed by atoms with Crippen LogP contribution in [-0.4, -0.2) is 23.6 Å². The second kappa shape index (κ2) is 4.72. The summed E-state index contributed by atoms with van der Waals surface area (Å²) in [6, 6.07) is 3.25. The number of halogens is 2. The molecule has 0 saturated heterocycles. The van der Waals surface area contributed by atoms with Gasteiger partial charge in [-0.15, -0.1) is 0 Å². The number of hydrogen-bond acceptors (Lipinski definition) is 2.